The van der Waals surface area contributed by atoms with Crippen LogP contribution in [0, 0.1) is 16.2 Å². The molecular formula is C21H34O6Ti. The molecule has 0 unspecified atom stereocenters. The maximum atomic E-state index is 12.8. The van der Waals surface area contributed by atoms with Crippen molar-refractivity contribution in [1.82, 2.24) is 0 Å². The number of carbonyl (C=O) groups excluding carboxylic acids is 3. The van der Waals surface area contributed by atoms with Gasteiger partial charge < -0.3 is 0 Å². The molecule has 6 nitrogen and oxygen atoms in total. The van der Waals surface area contributed by atoms with E-state index in [2.05, 4.69) is 0 Å². The summed E-state index contributed by atoms with van der Waals surface area (Å²) in [4.78, 5) is 38.4. The summed E-state index contributed by atoms with van der Waals surface area (Å²) < 4.78 is 18.2. The third-order valence-electron chi connectivity index (χ3n) is 4.05. The molecule has 28 heavy (non-hydrogen) atoms. The first kappa shape index (κ1) is 24.6. The zero-order chi connectivity index (χ0) is 22.1. The van der Waals surface area contributed by atoms with Gasteiger partial charge in [0, 0.05) is 0 Å². The van der Waals surface area contributed by atoms with E-state index in [1.54, 1.807) is 62.3 Å². The Kier molecular flexibility index (Phi) is 7.17. The van der Waals surface area contributed by atoms with Gasteiger partial charge in [-0.05, 0) is 0 Å². The second kappa shape index (κ2) is 8.15. The fourth-order valence-electron chi connectivity index (χ4n) is 2.05. The molecule has 1 aliphatic carbocycles. The van der Waals surface area contributed by atoms with E-state index in [0.29, 0.717) is 10.3 Å². The standard InChI is InChI=1S/C6H7.3C5H10O2.Ti/c1-6-4-2-3-5-6;3*1-5(2,3)4(6)7;/h2,4H,3H2,1H3;3*1-3H3,(H,6,7);/q;;;;+3/p-3. The summed E-state index contributed by atoms with van der Waals surface area (Å²) in [6.07, 6.45) is 4.15. The molecule has 0 aromatic rings. The third-order valence-corrected chi connectivity index (χ3v) is 8.27. The van der Waals surface area contributed by atoms with Gasteiger partial charge in [0.2, 0.25) is 0 Å². The van der Waals surface area contributed by atoms with Crippen LogP contribution in [0.1, 0.15) is 75.7 Å². The average Bonchev–Trinajstić information content (AvgIpc) is 2.90. The summed E-state index contributed by atoms with van der Waals surface area (Å²) in [5.74, 6) is -1.70. The molecule has 1 aliphatic rings. The second-order valence-corrected chi connectivity index (χ2v) is 13.9. The molecule has 0 atom stereocenters. The quantitative estimate of drug-likeness (QED) is 0.591. The van der Waals surface area contributed by atoms with Crippen LogP contribution < -0.4 is 0 Å². The van der Waals surface area contributed by atoms with E-state index in [1.165, 1.54) is 0 Å². The minimum absolute atomic E-state index is 0.415. The van der Waals surface area contributed by atoms with Crippen molar-refractivity contribution in [2.24, 2.45) is 16.2 Å². The number of allylic oxidation sites excluding steroid dienone is 4. The predicted molar refractivity (Wildman–Crippen MR) is 103 cm³/mol. The van der Waals surface area contributed by atoms with Crippen molar-refractivity contribution in [3.8, 4) is 0 Å². The summed E-state index contributed by atoms with van der Waals surface area (Å²) in [5.41, 5.74) is -1.75. The van der Waals surface area contributed by atoms with Crippen LogP contribution in [0.25, 0.3) is 0 Å². The molecule has 0 radical (unpaired) electrons. The van der Waals surface area contributed by atoms with E-state index in [9.17, 15) is 14.4 Å². The Balaban J connectivity index is 3.56. The summed E-state index contributed by atoms with van der Waals surface area (Å²) in [7, 11) is 0. The van der Waals surface area contributed by atoms with Gasteiger partial charge in [-0.3, -0.25) is 0 Å². The molecule has 0 saturated heterocycles. The summed E-state index contributed by atoms with van der Waals surface area (Å²) >= 11 is -4.85. The van der Waals surface area contributed by atoms with Gasteiger partial charge in [0.15, 0.2) is 0 Å². The van der Waals surface area contributed by atoms with Crippen LogP contribution in [-0.4, -0.2) is 17.9 Å². The van der Waals surface area contributed by atoms with E-state index in [1.807, 2.05) is 19.1 Å². The number of rotatable bonds is 4. The zero-order valence-corrected chi connectivity index (χ0v) is 20.4. The van der Waals surface area contributed by atoms with Gasteiger partial charge in [-0.1, -0.05) is 0 Å². The van der Waals surface area contributed by atoms with Gasteiger partial charge >= 0.3 is 174 Å². The van der Waals surface area contributed by atoms with Crippen LogP contribution >= 0.6 is 0 Å². The fourth-order valence-corrected chi connectivity index (χ4v) is 6.86. The van der Waals surface area contributed by atoms with Gasteiger partial charge in [-0.2, -0.15) is 0 Å². The summed E-state index contributed by atoms with van der Waals surface area (Å²) in [6.45, 7) is 17.2. The Morgan fingerprint density at radius 3 is 1.29 bits per heavy atom. The molecule has 0 fully saturated rings. The topological polar surface area (TPSA) is 78.9 Å². The van der Waals surface area contributed by atoms with E-state index in [-0.39, 0.29) is 0 Å². The van der Waals surface area contributed by atoms with Crippen molar-refractivity contribution in [3.63, 3.8) is 0 Å². The maximum absolute atomic E-state index is 12.8. The summed E-state index contributed by atoms with van der Waals surface area (Å²) in [6, 6.07) is 0. The molecule has 1 rings (SSSR count). The minimum atomic E-state index is -4.85. The van der Waals surface area contributed by atoms with Gasteiger partial charge in [-0.15, -0.1) is 0 Å². The Hall–Kier alpha value is -1.40. The van der Waals surface area contributed by atoms with Crippen LogP contribution in [0.15, 0.2) is 21.6 Å². The Labute approximate surface area is 173 Å². The summed E-state index contributed by atoms with van der Waals surface area (Å²) in [5, 5.41) is 0. The molecule has 0 amide bonds. The van der Waals surface area contributed by atoms with Crippen LogP contribution in [0.2, 0.25) is 0 Å². The van der Waals surface area contributed by atoms with Crippen molar-refractivity contribution >= 4 is 17.9 Å². The number of hydrogen-bond donors (Lipinski definition) is 0. The molecule has 7 heteroatoms. The third kappa shape index (κ3) is 6.05. The van der Waals surface area contributed by atoms with Gasteiger partial charge in [-0.25, -0.2) is 0 Å². The zero-order valence-electron chi connectivity index (χ0n) is 18.8. The van der Waals surface area contributed by atoms with Crippen LogP contribution in [0.5, 0.6) is 0 Å². The molecule has 0 aliphatic heterocycles. The Morgan fingerprint density at radius 2 is 1.07 bits per heavy atom. The molecule has 0 bridgehead atoms. The van der Waals surface area contributed by atoms with Crippen molar-refractivity contribution in [3.05, 3.63) is 21.6 Å². The number of hydrogen-bond acceptors (Lipinski definition) is 6. The average molecular weight is 430 g/mol. The van der Waals surface area contributed by atoms with Crippen molar-refractivity contribution in [2.45, 2.75) is 75.7 Å². The molecule has 0 spiro atoms. The fraction of sp³-hybridized carbons (Fsp3) is 0.667. The van der Waals surface area contributed by atoms with E-state index in [4.69, 9.17) is 9.96 Å². The van der Waals surface area contributed by atoms with Gasteiger partial charge in [0.05, 0.1) is 0 Å². The van der Waals surface area contributed by atoms with Gasteiger partial charge in [0.25, 0.3) is 0 Å². The van der Waals surface area contributed by atoms with Crippen molar-refractivity contribution in [1.29, 1.82) is 0 Å². The van der Waals surface area contributed by atoms with E-state index in [0.717, 1.165) is 5.57 Å². The van der Waals surface area contributed by atoms with Crippen LogP contribution in [0.3, 0.4) is 0 Å². The van der Waals surface area contributed by atoms with E-state index >= 15 is 0 Å². The molecule has 158 valence electrons. The molecule has 0 N–H and O–H groups in total. The van der Waals surface area contributed by atoms with Crippen LogP contribution in [-0.2, 0) is 42.1 Å². The molecule has 0 heterocycles. The van der Waals surface area contributed by atoms with Crippen LogP contribution in [0.4, 0.5) is 0 Å². The van der Waals surface area contributed by atoms with Crippen molar-refractivity contribution < 1.29 is 42.1 Å². The van der Waals surface area contributed by atoms with Gasteiger partial charge in [0.1, 0.15) is 0 Å². The Bertz CT molecular complexity index is 641. The van der Waals surface area contributed by atoms with Crippen molar-refractivity contribution in [2.75, 3.05) is 0 Å². The monoisotopic (exact) mass is 430 g/mol. The Morgan fingerprint density at radius 1 is 0.750 bits per heavy atom. The molecule has 0 aromatic carbocycles. The first-order valence-electron chi connectivity index (χ1n) is 9.47. The second-order valence-electron chi connectivity index (χ2n) is 10.2. The first-order valence-corrected chi connectivity index (χ1v) is 12.2. The molecule has 0 aromatic heterocycles. The SMILES string of the molecule is CC1=[C]([Ti]([O]C(=O)C(C)(C)C)([O]C(=O)C(C)(C)C)[O]C(=O)C(C)(C)C)CC=C1. The molecular weight excluding hydrogens is 396 g/mol. The van der Waals surface area contributed by atoms with E-state index < -0.39 is 51.9 Å². The number of carbonyl (C=O) groups is 3. The first-order chi connectivity index (χ1) is 12.4. The normalized spacial score (nSPS) is 15.5. The predicted octanol–water partition coefficient (Wildman–Crippen LogP) is 4.89. The molecule has 0 saturated carbocycles.